The topological polar surface area (TPSA) is 24.9 Å². The molecule has 16 heavy (non-hydrogen) atoms. The number of rotatable bonds is 7. The van der Waals surface area contributed by atoms with Gasteiger partial charge in [-0.3, -0.25) is 4.98 Å². The van der Waals surface area contributed by atoms with Gasteiger partial charge < -0.3 is 5.32 Å². The van der Waals surface area contributed by atoms with Crippen LogP contribution >= 0.6 is 11.6 Å². The van der Waals surface area contributed by atoms with Crippen LogP contribution in [0.5, 0.6) is 0 Å². The van der Waals surface area contributed by atoms with Crippen molar-refractivity contribution in [2.45, 2.75) is 52.1 Å². The van der Waals surface area contributed by atoms with Crippen LogP contribution in [0.15, 0.2) is 18.3 Å². The smallest absolute Gasteiger partial charge is 0.0589 e. The highest BCUT2D eigenvalue weighted by Crippen LogP contribution is 2.07. The van der Waals surface area contributed by atoms with Gasteiger partial charge in [-0.1, -0.05) is 37.8 Å². The van der Waals surface area contributed by atoms with E-state index in [1.165, 1.54) is 25.7 Å². The number of hydrogen-bond donors (Lipinski definition) is 1. The molecule has 0 bridgehead atoms. The molecule has 1 aromatic heterocycles. The molecule has 0 aliphatic rings. The van der Waals surface area contributed by atoms with Crippen LogP contribution in [0.25, 0.3) is 0 Å². The minimum absolute atomic E-state index is 0.559. The Bertz CT molecular complexity index is 284. The standard InChI is InChI=1S/C13H21ClN2/c1-3-4-5-6-11(2)15-10-13-8-7-12(14)9-16-13/h7-9,11,15H,3-6,10H2,1-2H3. The van der Waals surface area contributed by atoms with Gasteiger partial charge in [-0.15, -0.1) is 0 Å². The number of nitrogens with zero attached hydrogens (tertiary/aromatic N) is 1. The van der Waals surface area contributed by atoms with E-state index < -0.39 is 0 Å². The van der Waals surface area contributed by atoms with Gasteiger partial charge in [-0.05, 0) is 25.5 Å². The van der Waals surface area contributed by atoms with Crippen molar-refractivity contribution in [1.29, 1.82) is 0 Å². The summed E-state index contributed by atoms with van der Waals surface area (Å²) in [6, 6.07) is 4.41. The molecule has 0 saturated carbocycles. The van der Waals surface area contributed by atoms with Gasteiger partial charge in [0.15, 0.2) is 0 Å². The van der Waals surface area contributed by atoms with Crippen molar-refractivity contribution in [2.24, 2.45) is 0 Å². The van der Waals surface area contributed by atoms with E-state index in [0.29, 0.717) is 11.1 Å². The summed E-state index contributed by atoms with van der Waals surface area (Å²) in [5, 5.41) is 4.17. The highest BCUT2D eigenvalue weighted by molar-refractivity contribution is 6.30. The normalized spacial score (nSPS) is 12.7. The highest BCUT2D eigenvalue weighted by Gasteiger charge is 2.01. The number of hydrogen-bond acceptors (Lipinski definition) is 2. The van der Waals surface area contributed by atoms with Crippen LogP contribution in [-0.2, 0) is 6.54 Å². The average Bonchev–Trinajstić information content (AvgIpc) is 2.29. The van der Waals surface area contributed by atoms with Crippen LogP contribution in [0, 0.1) is 0 Å². The summed E-state index contributed by atoms with van der Waals surface area (Å²) in [6.45, 7) is 5.28. The van der Waals surface area contributed by atoms with Crippen molar-refractivity contribution in [3.8, 4) is 0 Å². The third-order valence-electron chi connectivity index (χ3n) is 2.66. The number of unbranched alkanes of at least 4 members (excludes halogenated alkanes) is 2. The fourth-order valence-corrected chi connectivity index (χ4v) is 1.70. The zero-order valence-electron chi connectivity index (χ0n) is 10.2. The summed E-state index contributed by atoms with van der Waals surface area (Å²) in [5.74, 6) is 0. The Labute approximate surface area is 103 Å². The molecule has 0 aliphatic carbocycles. The lowest BCUT2D eigenvalue weighted by Gasteiger charge is -2.12. The Balaban J connectivity index is 2.20. The summed E-state index contributed by atoms with van der Waals surface area (Å²) in [7, 11) is 0. The van der Waals surface area contributed by atoms with E-state index in [9.17, 15) is 0 Å². The Morgan fingerprint density at radius 1 is 1.38 bits per heavy atom. The molecule has 1 rings (SSSR count). The van der Waals surface area contributed by atoms with Gasteiger partial charge in [0.25, 0.3) is 0 Å². The molecular formula is C13H21ClN2. The van der Waals surface area contributed by atoms with Crippen LogP contribution in [-0.4, -0.2) is 11.0 Å². The van der Waals surface area contributed by atoms with Gasteiger partial charge >= 0.3 is 0 Å². The predicted molar refractivity (Wildman–Crippen MR) is 69.7 cm³/mol. The second-order valence-electron chi connectivity index (χ2n) is 4.25. The monoisotopic (exact) mass is 240 g/mol. The van der Waals surface area contributed by atoms with Crippen molar-refractivity contribution >= 4 is 11.6 Å². The molecule has 1 N–H and O–H groups in total. The lowest BCUT2D eigenvalue weighted by molar-refractivity contribution is 0.484. The molecule has 2 nitrogen and oxygen atoms in total. The van der Waals surface area contributed by atoms with Gasteiger partial charge in [-0.25, -0.2) is 0 Å². The Hall–Kier alpha value is -0.600. The maximum absolute atomic E-state index is 5.78. The third-order valence-corrected chi connectivity index (χ3v) is 2.88. The second kappa shape index (κ2) is 7.64. The molecule has 1 unspecified atom stereocenters. The van der Waals surface area contributed by atoms with Crippen molar-refractivity contribution in [3.05, 3.63) is 29.0 Å². The largest absolute Gasteiger partial charge is 0.309 e. The fraction of sp³-hybridized carbons (Fsp3) is 0.615. The maximum atomic E-state index is 5.78. The van der Waals surface area contributed by atoms with Gasteiger partial charge in [-0.2, -0.15) is 0 Å². The van der Waals surface area contributed by atoms with E-state index in [2.05, 4.69) is 24.1 Å². The molecule has 0 fully saturated rings. The van der Waals surface area contributed by atoms with Crippen LogP contribution in [0.3, 0.4) is 0 Å². The maximum Gasteiger partial charge on any atom is 0.0589 e. The van der Waals surface area contributed by atoms with Crippen LogP contribution < -0.4 is 5.32 Å². The summed E-state index contributed by atoms with van der Waals surface area (Å²) in [6.07, 6.45) is 6.84. The molecule has 1 aromatic rings. The van der Waals surface area contributed by atoms with Crippen molar-refractivity contribution in [2.75, 3.05) is 0 Å². The molecule has 0 aliphatic heterocycles. The molecule has 0 amide bonds. The average molecular weight is 241 g/mol. The number of aromatic nitrogens is 1. The fourth-order valence-electron chi connectivity index (χ4n) is 1.59. The van der Waals surface area contributed by atoms with E-state index in [1.807, 2.05) is 12.1 Å². The van der Waals surface area contributed by atoms with Gasteiger partial charge in [0.1, 0.15) is 0 Å². The first-order chi connectivity index (χ1) is 7.72. The zero-order chi connectivity index (χ0) is 11.8. The van der Waals surface area contributed by atoms with Crippen LogP contribution in [0.2, 0.25) is 5.02 Å². The quantitative estimate of drug-likeness (QED) is 0.734. The number of halogens is 1. The molecule has 90 valence electrons. The van der Waals surface area contributed by atoms with Crippen molar-refractivity contribution in [1.82, 2.24) is 10.3 Å². The van der Waals surface area contributed by atoms with Gasteiger partial charge in [0.2, 0.25) is 0 Å². The van der Waals surface area contributed by atoms with E-state index in [4.69, 9.17) is 11.6 Å². The molecule has 0 radical (unpaired) electrons. The third kappa shape index (κ3) is 5.47. The Morgan fingerprint density at radius 2 is 2.19 bits per heavy atom. The van der Waals surface area contributed by atoms with Gasteiger partial charge in [0, 0.05) is 18.8 Å². The van der Waals surface area contributed by atoms with E-state index in [0.717, 1.165) is 12.2 Å². The molecular weight excluding hydrogens is 220 g/mol. The molecule has 3 heteroatoms. The van der Waals surface area contributed by atoms with Crippen molar-refractivity contribution in [3.63, 3.8) is 0 Å². The Morgan fingerprint density at radius 3 is 2.81 bits per heavy atom. The van der Waals surface area contributed by atoms with Crippen LogP contribution in [0.4, 0.5) is 0 Å². The summed E-state index contributed by atoms with van der Waals surface area (Å²) >= 11 is 5.78. The van der Waals surface area contributed by atoms with E-state index in [-0.39, 0.29) is 0 Å². The summed E-state index contributed by atoms with van der Waals surface area (Å²) < 4.78 is 0. The first-order valence-electron chi connectivity index (χ1n) is 6.06. The van der Waals surface area contributed by atoms with E-state index >= 15 is 0 Å². The molecule has 1 heterocycles. The number of pyridine rings is 1. The highest BCUT2D eigenvalue weighted by atomic mass is 35.5. The van der Waals surface area contributed by atoms with E-state index in [1.54, 1.807) is 6.20 Å². The van der Waals surface area contributed by atoms with Crippen LogP contribution in [0.1, 0.15) is 45.2 Å². The first-order valence-corrected chi connectivity index (χ1v) is 6.44. The Kier molecular flexibility index (Phi) is 6.43. The number of nitrogens with one attached hydrogen (secondary N) is 1. The molecule has 0 aromatic carbocycles. The summed E-state index contributed by atoms with van der Waals surface area (Å²) in [4.78, 5) is 4.25. The lowest BCUT2D eigenvalue weighted by atomic mass is 10.1. The molecule has 0 saturated heterocycles. The lowest BCUT2D eigenvalue weighted by Crippen LogP contribution is -2.25. The molecule has 0 spiro atoms. The first kappa shape index (κ1) is 13.5. The second-order valence-corrected chi connectivity index (χ2v) is 4.68. The minimum atomic E-state index is 0.559. The van der Waals surface area contributed by atoms with Crippen molar-refractivity contribution < 1.29 is 0 Å². The minimum Gasteiger partial charge on any atom is -0.309 e. The predicted octanol–water partition coefficient (Wildman–Crippen LogP) is 3.79. The zero-order valence-corrected chi connectivity index (χ0v) is 10.9. The summed E-state index contributed by atoms with van der Waals surface area (Å²) in [5.41, 5.74) is 1.05. The SMILES string of the molecule is CCCCCC(C)NCc1ccc(Cl)cn1. The van der Waals surface area contributed by atoms with Gasteiger partial charge in [0.05, 0.1) is 10.7 Å². The molecule has 1 atom stereocenters.